The number of hydrogen-bond donors (Lipinski definition) is 1. The molecule has 0 bridgehead atoms. The molecule has 4 aromatic rings. The molecule has 4 rings (SSSR count). The number of aromatic nitrogens is 2. The fourth-order valence-electron chi connectivity index (χ4n) is 2.98. The summed E-state index contributed by atoms with van der Waals surface area (Å²) < 4.78 is 5.17. The number of para-hydroxylation sites is 1. The lowest BCUT2D eigenvalue weighted by atomic mass is 10.0. The highest BCUT2D eigenvalue weighted by atomic mass is 35.5. The van der Waals surface area contributed by atoms with Gasteiger partial charge in [0, 0.05) is 35.8 Å². The molecule has 0 atom stereocenters. The molecule has 0 fully saturated rings. The number of phenolic OH excluding ortho intramolecular Hbond substituents is 1. The van der Waals surface area contributed by atoms with Gasteiger partial charge >= 0.3 is 0 Å². The first-order valence-electron chi connectivity index (χ1n) is 7.72. The number of hydrogen-bond acceptors (Lipinski definition) is 4. The van der Waals surface area contributed by atoms with Crippen LogP contribution in [0.2, 0.25) is 0 Å². The van der Waals surface area contributed by atoms with Gasteiger partial charge in [0.15, 0.2) is 11.5 Å². The van der Waals surface area contributed by atoms with Crippen LogP contribution in [0.15, 0.2) is 61.1 Å². The van der Waals surface area contributed by atoms with Gasteiger partial charge in [-0.2, -0.15) is 0 Å². The second-order valence-electron chi connectivity index (χ2n) is 5.76. The van der Waals surface area contributed by atoms with E-state index < -0.39 is 0 Å². The standard InChI is InChI=1S/C20H16N2O2.2ClH/c1-24-20-8-16-12-21-11-15(17(16)9-19(20)23)7-13-6-14-4-2-3-5-18(14)22-10-13;;/h2-6,8-12,23H,7H2,1H3;2*1H. The van der Waals surface area contributed by atoms with Crippen molar-refractivity contribution in [3.8, 4) is 11.5 Å². The molecule has 2 heterocycles. The highest BCUT2D eigenvalue weighted by molar-refractivity contribution is 5.88. The second kappa shape index (κ2) is 8.21. The highest BCUT2D eigenvalue weighted by Gasteiger charge is 2.09. The number of phenols is 1. The molecule has 26 heavy (non-hydrogen) atoms. The SMILES string of the molecule is COc1cc2cncc(Cc3cnc4ccccc4c3)c2cc1O.Cl.Cl. The van der Waals surface area contributed by atoms with Crippen LogP contribution in [0.4, 0.5) is 0 Å². The molecule has 0 spiro atoms. The van der Waals surface area contributed by atoms with Crippen molar-refractivity contribution >= 4 is 46.5 Å². The van der Waals surface area contributed by atoms with Gasteiger partial charge in [-0.3, -0.25) is 9.97 Å². The molecule has 2 aromatic heterocycles. The summed E-state index contributed by atoms with van der Waals surface area (Å²) >= 11 is 0. The maximum atomic E-state index is 10.1. The quantitative estimate of drug-likeness (QED) is 0.540. The minimum Gasteiger partial charge on any atom is -0.504 e. The lowest BCUT2D eigenvalue weighted by Gasteiger charge is -2.10. The topological polar surface area (TPSA) is 55.2 Å². The summed E-state index contributed by atoms with van der Waals surface area (Å²) in [6.45, 7) is 0. The summed E-state index contributed by atoms with van der Waals surface area (Å²) in [5, 5.41) is 13.1. The molecule has 4 nitrogen and oxygen atoms in total. The number of rotatable bonds is 3. The number of nitrogens with zero attached hydrogens (tertiary/aromatic N) is 2. The third-order valence-corrected chi connectivity index (χ3v) is 4.18. The average Bonchev–Trinajstić information content (AvgIpc) is 2.61. The minimum absolute atomic E-state index is 0. The molecular formula is C20H18Cl2N2O2. The molecule has 0 amide bonds. The Morgan fingerprint density at radius 3 is 2.58 bits per heavy atom. The van der Waals surface area contributed by atoms with Gasteiger partial charge in [-0.05, 0) is 40.8 Å². The van der Waals surface area contributed by atoms with E-state index in [-0.39, 0.29) is 30.6 Å². The van der Waals surface area contributed by atoms with Gasteiger partial charge in [0.05, 0.1) is 12.6 Å². The zero-order chi connectivity index (χ0) is 16.5. The van der Waals surface area contributed by atoms with Gasteiger partial charge in [-0.1, -0.05) is 18.2 Å². The summed E-state index contributed by atoms with van der Waals surface area (Å²) in [5.41, 5.74) is 3.14. The van der Waals surface area contributed by atoms with E-state index in [0.29, 0.717) is 12.2 Å². The molecule has 0 aliphatic heterocycles. The van der Waals surface area contributed by atoms with E-state index in [1.807, 2.05) is 30.6 Å². The number of halogens is 2. The smallest absolute Gasteiger partial charge is 0.161 e. The van der Waals surface area contributed by atoms with Crippen LogP contribution in [0.25, 0.3) is 21.7 Å². The van der Waals surface area contributed by atoms with Gasteiger partial charge < -0.3 is 9.84 Å². The van der Waals surface area contributed by atoms with Crippen LogP contribution < -0.4 is 4.74 Å². The van der Waals surface area contributed by atoms with Crippen LogP contribution in [0, 0.1) is 0 Å². The Morgan fingerprint density at radius 1 is 0.962 bits per heavy atom. The Bertz CT molecular complexity index is 1050. The molecule has 2 aromatic carbocycles. The summed E-state index contributed by atoms with van der Waals surface area (Å²) in [6.07, 6.45) is 6.21. The first kappa shape index (κ1) is 19.8. The van der Waals surface area contributed by atoms with Crippen LogP contribution in [0.3, 0.4) is 0 Å². The minimum atomic E-state index is 0. The summed E-state index contributed by atoms with van der Waals surface area (Å²) in [4.78, 5) is 8.83. The number of ether oxygens (including phenoxy) is 1. The van der Waals surface area contributed by atoms with Gasteiger partial charge in [0.2, 0.25) is 0 Å². The fourth-order valence-corrected chi connectivity index (χ4v) is 2.98. The van der Waals surface area contributed by atoms with Gasteiger partial charge in [-0.25, -0.2) is 0 Å². The molecule has 0 saturated carbocycles. The molecule has 0 aliphatic rings. The average molecular weight is 389 g/mol. The van der Waals surface area contributed by atoms with Crippen molar-refractivity contribution in [1.82, 2.24) is 9.97 Å². The van der Waals surface area contributed by atoms with Crippen molar-refractivity contribution in [3.05, 3.63) is 72.2 Å². The molecular weight excluding hydrogens is 371 g/mol. The van der Waals surface area contributed by atoms with Crippen LogP contribution in [-0.4, -0.2) is 22.2 Å². The zero-order valence-corrected chi connectivity index (χ0v) is 15.7. The number of aromatic hydroxyl groups is 1. The third kappa shape index (κ3) is 3.66. The number of benzene rings is 2. The largest absolute Gasteiger partial charge is 0.504 e. The first-order chi connectivity index (χ1) is 11.7. The third-order valence-electron chi connectivity index (χ3n) is 4.18. The monoisotopic (exact) mass is 388 g/mol. The van der Waals surface area contributed by atoms with Crippen LogP contribution in [-0.2, 0) is 6.42 Å². The predicted molar refractivity (Wildman–Crippen MR) is 109 cm³/mol. The lowest BCUT2D eigenvalue weighted by Crippen LogP contribution is -1.94. The maximum Gasteiger partial charge on any atom is 0.161 e. The van der Waals surface area contributed by atoms with E-state index in [0.717, 1.165) is 32.8 Å². The van der Waals surface area contributed by atoms with E-state index in [1.165, 1.54) is 0 Å². The predicted octanol–water partition coefficient (Wildman–Crippen LogP) is 4.93. The normalized spacial score (nSPS) is 10.2. The molecule has 134 valence electrons. The Hall–Kier alpha value is -2.56. The molecule has 0 saturated heterocycles. The van der Waals surface area contributed by atoms with Crippen molar-refractivity contribution < 1.29 is 9.84 Å². The molecule has 0 unspecified atom stereocenters. The summed E-state index contributed by atoms with van der Waals surface area (Å²) in [6, 6.07) is 13.7. The Morgan fingerprint density at radius 2 is 1.77 bits per heavy atom. The number of methoxy groups -OCH3 is 1. The van der Waals surface area contributed by atoms with E-state index >= 15 is 0 Å². The van der Waals surface area contributed by atoms with Crippen LogP contribution >= 0.6 is 24.8 Å². The number of pyridine rings is 2. The van der Waals surface area contributed by atoms with E-state index in [9.17, 15) is 5.11 Å². The van der Waals surface area contributed by atoms with Gasteiger partial charge in [-0.15, -0.1) is 24.8 Å². The Labute approximate surface area is 163 Å². The highest BCUT2D eigenvalue weighted by Crippen LogP contribution is 2.33. The van der Waals surface area contributed by atoms with Crippen molar-refractivity contribution in [3.63, 3.8) is 0 Å². The maximum absolute atomic E-state index is 10.1. The van der Waals surface area contributed by atoms with Crippen LogP contribution in [0.1, 0.15) is 11.1 Å². The van der Waals surface area contributed by atoms with Crippen LogP contribution in [0.5, 0.6) is 11.5 Å². The molecule has 0 radical (unpaired) electrons. The molecule has 6 heteroatoms. The van der Waals surface area contributed by atoms with Crippen molar-refractivity contribution in [2.24, 2.45) is 0 Å². The zero-order valence-electron chi connectivity index (χ0n) is 14.0. The van der Waals surface area contributed by atoms with Gasteiger partial charge in [0.1, 0.15) is 0 Å². The van der Waals surface area contributed by atoms with E-state index in [4.69, 9.17) is 4.74 Å². The van der Waals surface area contributed by atoms with E-state index in [1.54, 1.807) is 25.4 Å². The summed E-state index contributed by atoms with van der Waals surface area (Å²) in [7, 11) is 1.54. The van der Waals surface area contributed by atoms with Crippen molar-refractivity contribution in [2.75, 3.05) is 7.11 Å². The van der Waals surface area contributed by atoms with Crippen molar-refractivity contribution in [1.29, 1.82) is 0 Å². The van der Waals surface area contributed by atoms with E-state index in [2.05, 4.69) is 22.1 Å². The Kier molecular flexibility index (Phi) is 6.24. The lowest BCUT2D eigenvalue weighted by molar-refractivity contribution is 0.374. The number of fused-ring (bicyclic) bond motifs is 2. The fraction of sp³-hybridized carbons (Fsp3) is 0.100. The molecule has 0 aliphatic carbocycles. The second-order valence-corrected chi connectivity index (χ2v) is 5.76. The van der Waals surface area contributed by atoms with Gasteiger partial charge in [0.25, 0.3) is 0 Å². The molecule has 1 N–H and O–H groups in total. The summed E-state index contributed by atoms with van der Waals surface area (Å²) in [5.74, 6) is 0.586. The first-order valence-corrected chi connectivity index (χ1v) is 7.72. The van der Waals surface area contributed by atoms with Crippen molar-refractivity contribution in [2.45, 2.75) is 6.42 Å². The Balaban J connectivity index is 0.00000121.